The molecule has 1 aliphatic carbocycles. The monoisotopic (exact) mass is 244 g/mol. The SMILES string of the molecule is CC(C)C1CCC(=O)C(C(=O)c2ccccc2)C1. The molecule has 0 saturated heterocycles. The molecule has 0 aromatic heterocycles. The average Bonchev–Trinajstić information content (AvgIpc) is 2.39. The molecule has 2 nitrogen and oxygen atoms in total. The molecule has 1 aromatic rings. The third-order valence-electron chi connectivity index (χ3n) is 4.01. The highest BCUT2D eigenvalue weighted by molar-refractivity contribution is 6.10. The van der Waals surface area contributed by atoms with Crippen molar-refractivity contribution in [2.24, 2.45) is 17.8 Å². The van der Waals surface area contributed by atoms with Crippen LogP contribution in [0.3, 0.4) is 0 Å². The van der Waals surface area contributed by atoms with Crippen molar-refractivity contribution in [1.82, 2.24) is 0 Å². The van der Waals surface area contributed by atoms with Gasteiger partial charge in [-0.1, -0.05) is 44.2 Å². The van der Waals surface area contributed by atoms with E-state index in [9.17, 15) is 9.59 Å². The maximum Gasteiger partial charge on any atom is 0.173 e. The summed E-state index contributed by atoms with van der Waals surface area (Å²) < 4.78 is 0. The Hall–Kier alpha value is -1.44. The molecule has 0 aliphatic heterocycles. The van der Waals surface area contributed by atoms with E-state index in [1.54, 1.807) is 12.1 Å². The largest absolute Gasteiger partial charge is 0.299 e. The minimum absolute atomic E-state index is 0.00551. The maximum atomic E-state index is 12.4. The molecular weight excluding hydrogens is 224 g/mol. The van der Waals surface area contributed by atoms with E-state index in [2.05, 4.69) is 13.8 Å². The Labute approximate surface area is 108 Å². The zero-order chi connectivity index (χ0) is 13.1. The second-order valence-electron chi connectivity index (χ2n) is 5.53. The van der Waals surface area contributed by atoms with Crippen LogP contribution in [0.1, 0.15) is 43.5 Å². The number of carbonyl (C=O) groups excluding carboxylic acids is 2. The standard InChI is InChI=1S/C16H20O2/c1-11(2)13-8-9-15(17)14(10-13)16(18)12-6-4-3-5-7-12/h3-7,11,13-14H,8-10H2,1-2H3. The third-order valence-corrected chi connectivity index (χ3v) is 4.01. The number of rotatable bonds is 3. The molecule has 0 N–H and O–H groups in total. The molecule has 1 aromatic carbocycles. The van der Waals surface area contributed by atoms with Crippen LogP contribution in [0.4, 0.5) is 0 Å². The zero-order valence-corrected chi connectivity index (χ0v) is 11.1. The Balaban J connectivity index is 2.16. The molecular formula is C16H20O2. The lowest BCUT2D eigenvalue weighted by Crippen LogP contribution is -2.33. The predicted molar refractivity (Wildman–Crippen MR) is 71.4 cm³/mol. The van der Waals surface area contributed by atoms with Crippen molar-refractivity contribution in [3.05, 3.63) is 35.9 Å². The summed E-state index contributed by atoms with van der Waals surface area (Å²) in [6.07, 6.45) is 2.23. The van der Waals surface area contributed by atoms with Crippen LogP contribution in [-0.2, 0) is 4.79 Å². The van der Waals surface area contributed by atoms with Crippen molar-refractivity contribution in [1.29, 1.82) is 0 Å². The van der Waals surface area contributed by atoms with Crippen LogP contribution >= 0.6 is 0 Å². The van der Waals surface area contributed by atoms with Crippen LogP contribution in [-0.4, -0.2) is 11.6 Å². The van der Waals surface area contributed by atoms with Gasteiger partial charge in [0.05, 0.1) is 5.92 Å². The average molecular weight is 244 g/mol. The summed E-state index contributed by atoms with van der Waals surface area (Å²) in [4.78, 5) is 24.3. The second kappa shape index (κ2) is 5.47. The minimum Gasteiger partial charge on any atom is -0.299 e. The summed E-state index contributed by atoms with van der Waals surface area (Å²) in [7, 11) is 0. The van der Waals surface area contributed by atoms with Crippen molar-refractivity contribution >= 4 is 11.6 Å². The van der Waals surface area contributed by atoms with Crippen LogP contribution in [0, 0.1) is 17.8 Å². The first-order valence-electron chi connectivity index (χ1n) is 6.71. The molecule has 1 saturated carbocycles. The number of Topliss-reactive ketones (excluding diaryl/α,β-unsaturated/α-hetero) is 2. The summed E-state index contributed by atoms with van der Waals surface area (Å²) in [5.74, 6) is 0.768. The fourth-order valence-electron chi connectivity index (χ4n) is 2.72. The van der Waals surface area contributed by atoms with Gasteiger partial charge >= 0.3 is 0 Å². The fraction of sp³-hybridized carbons (Fsp3) is 0.500. The molecule has 2 unspecified atom stereocenters. The number of ketones is 2. The summed E-state index contributed by atoms with van der Waals surface area (Å²) in [6.45, 7) is 4.34. The molecule has 2 atom stereocenters. The normalized spacial score (nSPS) is 24.3. The second-order valence-corrected chi connectivity index (χ2v) is 5.53. The Morgan fingerprint density at radius 3 is 2.50 bits per heavy atom. The van der Waals surface area contributed by atoms with Gasteiger partial charge in [-0.2, -0.15) is 0 Å². The van der Waals surface area contributed by atoms with Crippen LogP contribution in [0.5, 0.6) is 0 Å². The van der Waals surface area contributed by atoms with E-state index in [-0.39, 0.29) is 11.6 Å². The quantitative estimate of drug-likeness (QED) is 0.602. The fourth-order valence-corrected chi connectivity index (χ4v) is 2.72. The van der Waals surface area contributed by atoms with E-state index in [0.29, 0.717) is 23.8 Å². The number of hydrogen-bond acceptors (Lipinski definition) is 2. The van der Waals surface area contributed by atoms with Gasteiger partial charge in [0.2, 0.25) is 0 Å². The molecule has 2 rings (SSSR count). The summed E-state index contributed by atoms with van der Waals surface area (Å²) >= 11 is 0. The highest BCUT2D eigenvalue weighted by Gasteiger charge is 2.35. The molecule has 2 heteroatoms. The topological polar surface area (TPSA) is 34.1 Å². The Bertz CT molecular complexity index is 434. The summed E-state index contributed by atoms with van der Waals surface area (Å²) in [6, 6.07) is 9.18. The van der Waals surface area contributed by atoms with Crippen LogP contribution < -0.4 is 0 Å². The van der Waals surface area contributed by atoms with Crippen LogP contribution in [0.25, 0.3) is 0 Å². The van der Waals surface area contributed by atoms with Gasteiger partial charge in [-0.15, -0.1) is 0 Å². The van der Waals surface area contributed by atoms with E-state index >= 15 is 0 Å². The molecule has 96 valence electrons. The van der Waals surface area contributed by atoms with Crippen LogP contribution in [0.15, 0.2) is 30.3 Å². The van der Waals surface area contributed by atoms with Crippen molar-refractivity contribution in [3.8, 4) is 0 Å². The van der Waals surface area contributed by atoms with E-state index in [1.165, 1.54) is 0 Å². The lowest BCUT2D eigenvalue weighted by molar-refractivity contribution is -0.124. The van der Waals surface area contributed by atoms with Crippen molar-refractivity contribution in [2.75, 3.05) is 0 Å². The Morgan fingerprint density at radius 2 is 1.89 bits per heavy atom. The van der Waals surface area contributed by atoms with Crippen molar-refractivity contribution in [3.63, 3.8) is 0 Å². The first-order chi connectivity index (χ1) is 8.59. The van der Waals surface area contributed by atoms with Gasteiger partial charge in [0.25, 0.3) is 0 Å². The lowest BCUT2D eigenvalue weighted by Gasteiger charge is -2.29. The number of hydrogen-bond donors (Lipinski definition) is 0. The van der Waals surface area contributed by atoms with E-state index < -0.39 is 5.92 Å². The molecule has 1 fully saturated rings. The van der Waals surface area contributed by atoms with Gasteiger partial charge < -0.3 is 0 Å². The van der Waals surface area contributed by atoms with Gasteiger partial charge in [0.15, 0.2) is 5.78 Å². The highest BCUT2D eigenvalue weighted by Crippen LogP contribution is 2.33. The molecule has 0 spiro atoms. The van der Waals surface area contributed by atoms with Gasteiger partial charge in [-0.3, -0.25) is 9.59 Å². The van der Waals surface area contributed by atoms with Gasteiger partial charge in [0.1, 0.15) is 5.78 Å². The maximum absolute atomic E-state index is 12.4. The molecule has 0 amide bonds. The first kappa shape index (κ1) is 13.0. The number of benzene rings is 1. The summed E-state index contributed by atoms with van der Waals surface area (Å²) in [5, 5.41) is 0. The molecule has 0 radical (unpaired) electrons. The highest BCUT2D eigenvalue weighted by atomic mass is 16.1. The number of carbonyl (C=O) groups is 2. The molecule has 1 aliphatic rings. The van der Waals surface area contributed by atoms with Crippen LogP contribution in [0.2, 0.25) is 0 Å². The predicted octanol–water partition coefficient (Wildman–Crippen LogP) is 3.51. The van der Waals surface area contributed by atoms with Gasteiger partial charge in [0, 0.05) is 12.0 Å². The van der Waals surface area contributed by atoms with E-state index in [0.717, 1.165) is 12.8 Å². The Kier molecular flexibility index (Phi) is 3.95. The smallest absolute Gasteiger partial charge is 0.173 e. The van der Waals surface area contributed by atoms with E-state index in [1.807, 2.05) is 18.2 Å². The zero-order valence-electron chi connectivity index (χ0n) is 11.1. The first-order valence-corrected chi connectivity index (χ1v) is 6.71. The molecule has 0 bridgehead atoms. The summed E-state index contributed by atoms with van der Waals surface area (Å²) in [5.41, 5.74) is 0.667. The van der Waals surface area contributed by atoms with Gasteiger partial charge in [-0.25, -0.2) is 0 Å². The van der Waals surface area contributed by atoms with Crippen molar-refractivity contribution < 1.29 is 9.59 Å². The molecule has 18 heavy (non-hydrogen) atoms. The minimum atomic E-state index is -0.409. The lowest BCUT2D eigenvalue weighted by atomic mass is 9.73. The van der Waals surface area contributed by atoms with Crippen molar-refractivity contribution in [2.45, 2.75) is 33.1 Å². The Morgan fingerprint density at radius 1 is 1.22 bits per heavy atom. The molecule has 0 heterocycles. The third kappa shape index (κ3) is 2.69. The van der Waals surface area contributed by atoms with Gasteiger partial charge in [-0.05, 0) is 24.7 Å². The van der Waals surface area contributed by atoms with E-state index in [4.69, 9.17) is 0 Å².